The molecule has 0 spiro atoms. The summed E-state index contributed by atoms with van der Waals surface area (Å²) in [4.78, 5) is 25.0. The van der Waals surface area contributed by atoms with Gasteiger partial charge in [-0.05, 0) is 38.5 Å². The second-order valence-corrected chi connectivity index (χ2v) is 5.82. The molecule has 1 aliphatic rings. The molecule has 1 aliphatic carbocycles. The van der Waals surface area contributed by atoms with Crippen LogP contribution in [-0.4, -0.2) is 36.3 Å². The van der Waals surface area contributed by atoms with Crippen molar-refractivity contribution in [1.82, 2.24) is 10.2 Å². The number of amides is 2. The molecule has 4 heteroatoms. The van der Waals surface area contributed by atoms with Crippen molar-refractivity contribution in [2.24, 2.45) is 0 Å². The van der Waals surface area contributed by atoms with Gasteiger partial charge in [0.05, 0.1) is 0 Å². The van der Waals surface area contributed by atoms with Crippen LogP contribution in [-0.2, 0) is 9.59 Å². The summed E-state index contributed by atoms with van der Waals surface area (Å²) >= 11 is 0. The Morgan fingerprint density at radius 1 is 1.29 bits per heavy atom. The number of rotatable bonds is 9. The van der Waals surface area contributed by atoms with Crippen LogP contribution >= 0.6 is 0 Å². The maximum atomic E-state index is 11.7. The molecule has 0 aromatic heterocycles. The molecule has 0 radical (unpaired) electrons. The van der Waals surface area contributed by atoms with Crippen LogP contribution in [0.15, 0.2) is 11.6 Å². The van der Waals surface area contributed by atoms with Crippen molar-refractivity contribution in [2.75, 3.05) is 19.6 Å². The van der Waals surface area contributed by atoms with Crippen molar-refractivity contribution < 1.29 is 9.59 Å². The third kappa shape index (κ3) is 7.88. The molecule has 0 aromatic rings. The van der Waals surface area contributed by atoms with Crippen LogP contribution in [0.3, 0.4) is 0 Å². The van der Waals surface area contributed by atoms with Crippen molar-refractivity contribution in [2.45, 2.75) is 65.2 Å². The van der Waals surface area contributed by atoms with Gasteiger partial charge in [0.1, 0.15) is 0 Å². The lowest BCUT2D eigenvalue weighted by atomic mass is 9.97. The smallest absolute Gasteiger partial charge is 0.220 e. The van der Waals surface area contributed by atoms with E-state index in [0.29, 0.717) is 19.5 Å². The molecule has 0 fully saturated rings. The summed E-state index contributed by atoms with van der Waals surface area (Å²) in [6.45, 7) is 5.62. The third-order valence-electron chi connectivity index (χ3n) is 3.99. The number of hydrogen-bond acceptors (Lipinski definition) is 2. The van der Waals surface area contributed by atoms with Crippen molar-refractivity contribution in [3.05, 3.63) is 11.6 Å². The number of nitrogens with one attached hydrogen (secondary N) is 1. The molecule has 0 unspecified atom stereocenters. The lowest BCUT2D eigenvalue weighted by Gasteiger charge is -2.23. The van der Waals surface area contributed by atoms with Crippen LogP contribution in [0.2, 0.25) is 0 Å². The van der Waals surface area contributed by atoms with Crippen molar-refractivity contribution >= 4 is 11.8 Å². The summed E-state index contributed by atoms with van der Waals surface area (Å²) in [5, 5.41) is 2.89. The first-order valence-electron chi connectivity index (χ1n) is 8.33. The molecule has 4 nitrogen and oxygen atoms in total. The molecule has 0 heterocycles. The first-order chi connectivity index (χ1) is 10.1. The van der Waals surface area contributed by atoms with Gasteiger partial charge in [0.2, 0.25) is 11.8 Å². The molecule has 0 aliphatic heterocycles. The van der Waals surface area contributed by atoms with Crippen molar-refractivity contribution in [1.29, 1.82) is 0 Å². The first-order valence-corrected chi connectivity index (χ1v) is 8.33. The van der Waals surface area contributed by atoms with E-state index in [4.69, 9.17) is 0 Å². The summed E-state index contributed by atoms with van der Waals surface area (Å²) in [5.74, 6) is 0.185. The summed E-state index contributed by atoms with van der Waals surface area (Å²) in [5.41, 5.74) is 1.49. The Morgan fingerprint density at radius 2 is 2.10 bits per heavy atom. The topological polar surface area (TPSA) is 49.4 Å². The van der Waals surface area contributed by atoms with Gasteiger partial charge in [0, 0.05) is 33.0 Å². The molecule has 1 N–H and O–H groups in total. The normalized spacial score (nSPS) is 14.5. The van der Waals surface area contributed by atoms with Gasteiger partial charge >= 0.3 is 0 Å². The fraction of sp³-hybridized carbons (Fsp3) is 0.765. The van der Waals surface area contributed by atoms with Crippen LogP contribution in [0.1, 0.15) is 65.2 Å². The summed E-state index contributed by atoms with van der Waals surface area (Å²) < 4.78 is 0. The highest BCUT2D eigenvalue weighted by Gasteiger charge is 2.11. The van der Waals surface area contributed by atoms with E-state index >= 15 is 0 Å². The number of carbonyl (C=O) groups excluding carboxylic acids is 2. The first kappa shape index (κ1) is 17.7. The van der Waals surface area contributed by atoms with E-state index in [-0.39, 0.29) is 11.8 Å². The predicted molar refractivity (Wildman–Crippen MR) is 86.0 cm³/mol. The van der Waals surface area contributed by atoms with Gasteiger partial charge in [-0.1, -0.05) is 25.0 Å². The minimum Gasteiger partial charge on any atom is -0.354 e. The highest BCUT2D eigenvalue weighted by atomic mass is 16.2. The highest BCUT2D eigenvalue weighted by Crippen LogP contribution is 2.20. The molecule has 2 amide bonds. The minimum atomic E-state index is 0.0919. The van der Waals surface area contributed by atoms with E-state index in [9.17, 15) is 9.59 Å². The second kappa shape index (κ2) is 10.4. The zero-order valence-corrected chi connectivity index (χ0v) is 13.6. The van der Waals surface area contributed by atoms with E-state index in [0.717, 1.165) is 25.8 Å². The summed E-state index contributed by atoms with van der Waals surface area (Å²) in [6, 6.07) is 0. The molecule has 120 valence electrons. The van der Waals surface area contributed by atoms with Gasteiger partial charge in [0.15, 0.2) is 0 Å². The van der Waals surface area contributed by atoms with Crippen molar-refractivity contribution in [3.63, 3.8) is 0 Å². The quantitative estimate of drug-likeness (QED) is 0.665. The number of allylic oxidation sites excluding steroid dienone is 1. The summed E-state index contributed by atoms with van der Waals surface area (Å²) in [7, 11) is 0. The van der Waals surface area contributed by atoms with Crippen LogP contribution in [0, 0.1) is 0 Å². The van der Waals surface area contributed by atoms with Gasteiger partial charge in [-0.3, -0.25) is 9.59 Å². The molecular weight excluding hydrogens is 264 g/mol. The summed E-state index contributed by atoms with van der Waals surface area (Å²) in [6.07, 6.45) is 10.8. The maximum absolute atomic E-state index is 11.7. The predicted octanol–water partition coefficient (Wildman–Crippen LogP) is 3.03. The molecule has 1 rings (SSSR count). The lowest BCUT2D eigenvalue weighted by molar-refractivity contribution is -0.129. The van der Waals surface area contributed by atoms with Crippen LogP contribution in [0.4, 0.5) is 0 Å². The Morgan fingerprint density at radius 3 is 2.71 bits per heavy atom. The van der Waals surface area contributed by atoms with Crippen LogP contribution < -0.4 is 5.32 Å². The molecule has 0 atom stereocenters. The zero-order valence-electron chi connectivity index (χ0n) is 13.6. The fourth-order valence-electron chi connectivity index (χ4n) is 2.59. The van der Waals surface area contributed by atoms with Crippen LogP contribution in [0.25, 0.3) is 0 Å². The minimum absolute atomic E-state index is 0.0919. The fourth-order valence-corrected chi connectivity index (χ4v) is 2.59. The Balaban J connectivity index is 2.24. The van der Waals surface area contributed by atoms with Gasteiger partial charge in [-0.2, -0.15) is 0 Å². The monoisotopic (exact) mass is 294 g/mol. The maximum Gasteiger partial charge on any atom is 0.220 e. The van der Waals surface area contributed by atoms with E-state index in [1.807, 2.05) is 4.90 Å². The van der Waals surface area contributed by atoms with Gasteiger partial charge in [-0.25, -0.2) is 0 Å². The SMILES string of the molecule is CCCCC(=O)NCCN(CCC1=CCCCC1)C(C)=O. The highest BCUT2D eigenvalue weighted by molar-refractivity contribution is 5.76. The molecule has 0 saturated carbocycles. The largest absolute Gasteiger partial charge is 0.354 e. The average Bonchev–Trinajstić information content (AvgIpc) is 2.49. The van der Waals surface area contributed by atoms with Crippen molar-refractivity contribution in [3.8, 4) is 0 Å². The zero-order chi connectivity index (χ0) is 15.5. The average molecular weight is 294 g/mol. The molecule has 0 bridgehead atoms. The van der Waals surface area contributed by atoms with Gasteiger partial charge in [0.25, 0.3) is 0 Å². The lowest BCUT2D eigenvalue weighted by Crippen LogP contribution is -2.38. The van der Waals surface area contributed by atoms with E-state index in [1.165, 1.54) is 31.3 Å². The molecule has 0 aromatic carbocycles. The number of hydrogen-bond donors (Lipinski definition) is 1. The van der Waals surface area contributed by atoms with Crippen LogP contribution in [0.5, 0.6) is 0 Å². The number of carbonyl (C=O) groups is 2. The Labute approximate surface area is 129 Å². The van der Waals surface area contributed by atoms with E-state index in [1.54, 1.807) is 6.92 Å². The number of nitrogens with zero attached hydrogens (tertiary/aromatic N) is 1. The van der Waals surface area contributed by atoms with Gasteiger partial charge < -0.3 is 10.2 Å². The number of unbranched alkanes of at least 4 members (excludes halogenated alkanes) is 1. The Bertz CT molecular complexity index is 364. The third-order valence-corrected chi connectivity index (χ3v) is 3.99. The molecule has 0 saturated heterocycles. The Kier molecular flexibility index (Phi) is 8.79. The van der Waals surface area contributed by atoms with E-state index < -0.39 is 0 Å². The molecule has 21 heavy (non-hydrogen) atoms. The van der Waals surface area contributed by atoms with E-state index in [2.05, 4.69) is 18.3 Å². The Hall–Kier alpha value is -1.32. The molecular formula is C17H30N2O2. The standard InChI is InChI=1S/C17H30N2O2/c1-3-4-10-17(21)18-12-14-19(15(2)20)13-11-16-8-6-5-7-9-16/h8H,3-7,9-14H2,1-2H3,(H,18,21). The van der Waals surface area contributed by atoms with Gasteiger partial charge in [-0.15, -0.1) is 0 Å². The second-order valence-electron chi connectivity index (χ2n) is 5.82.